The molecule has 2 N–H and O–H groups in total. The maximum Gasteiger partial charge on any atom is 0.317 e. The second-order valence-corrected chi connectivity index (χ2v) is 8.99. The molecule has 2 amide bonds. The van der Waals surface area contributed by atoms with E-state index in [9.17, 15) is 4.79 Å². The van der Waals surface area contributed by atoms with E-state index in [-0.39, 0.29) is 11.4 Å². The first-order valence-corrected chi connectivity index (χ1v) is 11.7. The van der Waals surface area contributed by atoms with Gasteiger partial charge in [0.15, 0.2) is 0 Å². The van der Waals surface area contributed by atoms with Crippen molar-refractivity contribution in [3.05, 3.63) is 65.9 Å². The summed E-state index contributed by atoms with van der Waals surface area (Å²) in [5.41, 5.74) is 5.65. The third kappa shape index (κ3) is 3.41. The molecule has 2 aliphatic rings. The maximum atomic E-state index is 12.4. The second-order valence-electron chi connectivity index (χ2n) is 8.99. The summed E-state index contributed by atoms with van der Waals surface area (Å²) < 4.78 is 2.11. The molecular weight excluding hydrogens is 426 g/mol. The molecule has 4 aromatic heterocycles. The number of H-pyrrole nitrogens is 1. The number of carbonyl (C=O) groups excluding carboxylic acids is 1. The van der Waals surface area contributed by atoms with Crippen molar-refractivity contribution in [1.29, 1.82) is 0 Å². The standard InChI is InChI=1S/C26H25N7O/c1-2-28-25(34)32-10-7-26(17-32)8-11-33-23(26)13-22(31-33)20-12-21-19(15-29-24(21)30-16-20)6-5-18-4-3-9-27-14-18/h3-4,9,12-16H,2,7-8,10-11,17H2,1H3,(H,28,34)(H,29,30). The monoisotopic (exact) mass is 451 g/mol. The van der Waals surface area contributed by atoms with Gasteiger partial charge in [0.25, 0.3) is 0 Å². The number of urea groups is 1. The number of fused-ring (bicyclic) bond motifs is 3. The summed E-state index contributed by atoms with van der Waals surface area (Å²) in [6.45, 7) is 5.00. The lowest BCUT2D eigenvalue weighted by molar-refractivity contribution is 0.206. The normalized spacial score (nSPS) is 18.8. The van der Waals surface area contributed by atoms with Gasteiger partial charge in [-0.3, -0.25) is 9.67 Å². The zero-order chi connectivity index (χ0) is 23.1. The molecule has 0 saturated carbocycles. The summed E-state index contributed by atoms with van der Waals surface area (Å²) in [5.74, 6) is 6.40. The average molecular weight is 452 g/mol. The number of nitrogens with one attached hydrogen (secondary N) is 2. The zero-order valence-corrected chi connectivity index (χ0v) is 19.0. The molecular formula is C26H25N7O. The van der Waals surface area contributed by atoms with Gasteiger partial charge in [0, 0.05) is 78.6 Å². The Bertz CT molecular complexity index is 1440. The lowest BCUT2D eigenvalue weighted by Crippen LogP contribution is -2.40. The van der Waals surface area contributed by atoms with Crippen LogP contribution >= 0.6 is 0 Å². The fourth-order valence-corrected chi connectivity index (χ4v) is 5.15. The van der Waals surface area contributed by atoms with Crippen molar-refractivity contribution in [3.8, 4) is 23.1 Å². The van der Waals surface area contributed by atoms with Crippen LogP contribution in [0.3, 0.4) is 0 Å². The molecule has 1 atom stereocenters. The zero-order valence-electron chi connectivity index (χ0n) is 19.0. The Morgan fingerprint density at radius 3 is 3.00 bits per heavy atom. The van der Waals surface area contributed by atoms with Crippen molar-refractivity contribution in [3.63, 3.8) is 0 Å². The SMILES string of the molecule is CCNC(=O)N1CCC2(CCn3nc(-c4cnc5[nH]cc(C#Cc6cccnc6)c5c4)cc32)C1. The summed E-state index contributed by atoms with van der Waals surface area (Å²) in [4.78, 5) is 26.2. The number of amides is 2. The summed E-state index contributed by atoms with van der Waals surface area (Å²) in [6, 6.07) is 8.14. The van der Waals surface area contributed by atoms with Crippen LogP contribution in [0.2, 0.25) is 0 Å². The Kier molecular flexibility index (Phi) is 4.84. The minimum absolute atomic E-state index is 0.0116. The number of rotatable bonds is 2. The van der Waals surface area contributed by atoms with Crippen LogP contribution in [0.5, 0.6) is 0 Å². The number of hydrogen-bond donors (Lipinski definition) is 2. The predicted octanol–water partition coefficient (Wildman–Crippen LogP) is 3.30. The number of carbonyl (C=O) groups is 1. The van der Waals surface area contributed by atoms with E-state index in [0.29, 0.717) is 6.54 Å². The molecule has 0 aliphatic carbocycles. The molecule has 1 fully saturated rings. The van der Waals surface area contributed by atoms with E-state index in [4.69, 9.17) is 5.10 Å². The first-order valence-electron chi connectivity index (χ1n) is 11.7. The quantitative estimate of drug-likeness (QED) is 0.458. The van der Waals surface area contributed by atoms with E-state index >= 15 is 0 Å². The predicted molar refractivity (Wildman–Crippen MR) is 129 cm³/mol. The third-order valence-electron chi connectivity index (χ3n) is 6.92. The van der Waals surface area contributed by atoms with Crippen LogP contribution in [0.1, 0.15) is 36.6 Å². The summed E-state index contributed by atoms with van der Waals surface area (Å²) >= 11 is 0. The molecule has 4 aromatic rings. The van der Waals surface area contributed by atoms with E-state index in [2.05, 4.69) is 48.9 Å². The summed E-state index contributed by atoms with van der Waals surface area (Å²) in [6.07, 6.45) is 9.23. The van der Waals surface area contributed by atoms with Crippen LogP contribution in [-0.2, 0) is 12.0 Å². The fraction of sp³-hybridized carbons (Fsp3) is 0.308. The lowest BCUT2D eigenvalue weighted by Gasteiger charge is -2.23. The minimum atomic E-state index is -0.0116. The van der Waals surface area contributed by atoms with Gasteiger partial charge in [0.05, 0.1) is 11.3 Å². The van der Waals surface area contributed by atoms with E-state index in [0.717, 1.165) is 65.9 Å². The highest BCUT2D eigenvalue weighted by molar-refractivity contribution is 5.86. The molecule has 6 rings (SSSR count). The van der Waals surface area contributed by atoms with Crippen LogP contribution in [0.4, 0.5) is 4.79 Å². The fourth-order valence-electron chi connectivity index (χ4n) is 5.15. The molecule has 2 aliphatic heterocycles. The molecule has 0 aromatic carbocycles. The molecule has 34 heavy (non-hydrogen) atoms. The number of nitrogens with zero attached hydrogens (tertiary/aromatic N) is 5. The smallest absolute Gasteiger partial charge is 0.317 e. The minimum Gasteiger partial charge on any atom is -0.345 e. The van der Waals surface area contributed by atoms with E-state index in [1.54, 1.807) is 12.4 Å². The lowest BCUT2D eigenvalue weighted by atomic mass is 9.82. The van der Waals surface area contributed by atoms with Gasteiger partial charge in [0.2, 0.25) is 0 Å². The molecule has 0 bridgehead atoms. The van der Waals surface area contributed by atoms with E-state index in [1.165, 1.54) is 5.69 Å². The van der Waals surface area contributed by atoms with Gasteiger partial charge < -0.3 is 15.2 Å². The molecule has 8 heteroatoms. The number of likely N-dealkylation sites (tertiary alicyclic amines) is 1. The van der Waals surface area contributed by atoms with Gasteiger partial charge >= 0.3 is 6.03 Å². The van der Waals surface area contributed by atoms with E-state index < -0.39 is 0 Å². The molecule has 1 unspecified atom stereocenters. The molecule has 170 valence electrons. The molecule has 8 nitrogen and oxygen atoms in total. The molecule has 6 heterocycles. The summed E-state index contributed by atoms with van der Waals surface area (Å²) in [7, 11) is 0. The third-order valence-corrected chi connectivity index (χ3v) is 6.92. The van der Waals surface area contributed by atoms with Crippen LogP contribution in [0.15, 0.2) is 49.1 Å². The Labute approximate surface area is 197 Å². The Morgan fingerprint density at radius 2 is 2.15 bits per heavy atom. The number of aromatic amines is 1. The van der Waals surface area contributed by atoms with Crippen molar-refractivity contribution < 1.29 is 4.79 Å². The number of hydrogen-bond acceptors (Lipinski definition) is 4. The van der Waals surface area contributed by atoms with Crippen molar-refractivity contribution in [2.45, 2.75) is 31.7 Å². The highest BCUT2D eigenvalue weighted by Crippen LogP contribution is 2.43. The first-order chi connectivity index (χ1) is 16.6. The second kappa shape index (κ2) is 8.03. The van der Waals surface area contributed by atoms with E-state index in [1.807, 2.05) is 36.4 Å². The van der Waals surface area contributed by atoms with Gasteiger partial charge in [-0.05, 0) is 44.0 Å². The number of aromatic nitrogens is 5. The van der Waals surface area contributed by atoms with Gasteiger partial charge in [-0.1, -0.05) is 11.8 Å². The number of pyridine rings is 2. The topological polar surface area (TPSA) is 91.7 Å². The van der Waals surface area contributed by atoms with Crippen LogP contribution in [0.25, 0.3) is 22.3 Å². The number of aryl methyl sites for hydroxylation is 1. The maximum absolute atomic E-state index is 12.4. The van der Waals surface area contributed by atoms with Gasteiger partial charge in [-0.15, -0.1) is 0 Å². The Morgan fingerprint density at radius 1 is 1.24 bits per heavy atom. The van der Waals surface area contributed by atoms with Crippen molar-refractivity contribution in [2.24, 2.45) is 0 Å². The van der Waals surface area contributed by atoms with Gasteiger partial charge in [0.1, 0.15) is 5.65 Å². The average Bonchev–Trinajstić information content (AvgIpc) is 3.64. The highest BCUT2D eigenvalue weighted by atomic mass is 16.2. The largest absolute Gasteiger partial charge is 0.345 e. The highest BCUT2D eigenvalue weighted by Gasteiger charge is 2.46. The van der Waals surface area contributed by atoms with Gasteiger partial charge in [-0.25, -0.2) is 9.78 Å². The van der Waals surface area contributed by atoms with Crippen molar-refractivity contribution in [1.82, 2.24) is 34.9 Å². The van der Waals surface area contributed by atoms with Gasteiger partial charge in [-0.2, -0.15) is 5.10 Å². The van der Waals surface area contributed by atoms with Crippen molar-refractivity contribution in [2.75, 3.05) is 19.6 Å². The molecule has 0 radical (unpaired) electrons. The van der Waals surface area contributed by atoms with Crippen LogP contribution < -0.4 is 5.32 Å². The molecule has 1 saturated heterocycles. The Balaban J connectivity index is 1.31. The summed E-state index contributed by atoms with van der Waals surface area (Å²) in [5, 5.41) is 8.80. The molecule has 1 spiro atoms. The van der Waals surface area contributed by atoms with Crippen LogP contribution in [-0.4, -0.2) is 55.3 Å². The first kappa shape index (κ1) is 20.5. The van der Waals surface area contributed by atoms with Crippen LogP contribution in [0, 0.1) is 11.8 Å². The Hall–Kier alpha value is -4.12. The van der Waals surface area contributed by atoms with Crippen molar-refractivity contribution >= 4 is 17.1 Å².